The van der Waals surface area contributed by atoms with Crippen LogP contribution in [0, 0.1) is 5.92 Å². The van der Waals surface area contributed by atoms with Crippen molar-refractivity contribution in [2.24, 2.45) is 11.7 Å². The number of hydrogen-bond acceptors (Lipinski definition) is 6. The van der Waals surface area contributed by atoms with Crippen molar-refractivity contribution in [3.63, 3.8) is 0 Å². The molecule has 3 N–H and O–H groups in total. The quantitative estimate of drug-likeness (QED) is 0.824. The molecular formula is C16H22N4O3S. The summed E-state index contributed by atoms with van der Waals surface area (Å²) in [4.78, 5) is 4.57. The molecule has 1 fully saturated rings. The van der Waals surface area contributed by atoms with E-state index in [1.807, 2.05) is 13.8 Å². The van der Waals surface area contributed by atoms with Gasteiger partial charge in [0.15, 0.2) is 5.82 Å². The van der Waals surface area contributed by atoms with Crippen molar-refractivity contribution in [3.8, 4) is 11.5 Å². The minimum atomic E-state index is -3.50. The molecule has 0 atom stereocenters. The minimum absolute atomic E-state index is 0.209. The van der Waals surface area contributed by atoms with Crippen LogP contribution in [0.25, 0.3) is 11.5 Å². The Kier molecular flexibility index (Phi) is 4.46. The Labute approximate surface area is 141 Å². The zero-order valence-electron chi connectivity index (χ0n) is 13.8. The fourth-order valence-electron chi connectivity index (χ4n) is 2.46. The van der Waals surface area contributed by atoms with Crippen molar-refractivity contribution in [2.45, 2.75) is 43.5 Å². The highest BCUT2D eigenvalue weighted by molar-refractivity contribution is 7.89. The Morgan fingerprint density at radius 1 is 1.29 bits per heavy atom. The zero-order chi connectivity index (χ0) is 17.4. The van der Waals surface area contributed by atoms with Gasteiger partial charge < -0.3 is 10.3 Å². The number of nitrogens with one attached hydrogen (secondary N) is 1. The highest BCUT2D eigenvalue weighted by atomic mass is 32.2. The van der Waals surface area contributed by atoms with Gasteiger partial charge in [-0.3, -0.25) is 0 Å². The largest absolute Gasteiger partial charge is 0.334 e. The first-order valence-electron chi connectivity index (χ1n) is 8.03. The summed E-state index contributed by atoms with van der Waals surface area (Å²) in [5.74, 6) is 1.10. The average molecular weight is 350 g/mol. The molecular weight excluding hydrogens is 328 g/mol. The Morgan fingerprint density at radius 3 is 2.50 bits per heavy atom. The van der Waals surface area contributed by atoms with Gasteiger partial charge in [-0.2, -0.15) is 4.98 Å². The van der Waals surface area contributed by atoms with E-state index in [0.29, 0.717) is 23.8 Å². The van der Waals surface area contributed by atoms with Crippen LogP contribution in [0.3, 0.4) is 0 Å². The van der Waals surface area contributed by atoms with Crippen molar-refractivity contribution in [1.82, 2.24) is 14.9 Å². The minimum Gasteiger partial charge on any atom is -0.334 e. The van der Waals surface area contributed by atoms with E-state index in [4.69, 9.17) is 10.3 Å². The van der Waals surface area contributed by atoms with E-state index >= 15 is 0 Å². The number of hydrogen-bond donors (Lipinski definition) is 2. The van der Waals surface area contributed by atoms with Gasteiger partial charge in [0, 0.05) is 12.1 Å². The van der Waals surface area contributed by atoms with Gasteiger partial charge in [-0.15, -0.1) is 0 Å². The summed E-state index contributed by atoms with van der Waals surface area (Å²) in [7, 11) is -3.50. The fourth-order valence-corrected chi connectivity index (χ4v) is 3.67. The number of nitrogens with two attached hydrogens (primary N) is 1. The van der Waals surface area contributed by atoms with Crippen LogP contribution in [0.4, 0.5) is 0 Å². The smallest absolute Gasteiger partial charge is 0.257 e. The third kappa shape index (κ3) is 3.35. The molecule has 0 spiro atoms. The first-order chi connectivity index (χ1) is 11.3. The van der Waals surface area contributed by atoms with Crippen LogP contribution in [0.1, 0.15) is 38.9 Å². The number of rotatable bonds is 6. The third-order valence-electron chi connectivity index (χ3n) is 4.21. The maximum atomic E-state index is 12.2. The molecule has 0 radical (unpaired) electrons. The lowest BCUT2D eigenvalue weighted by atomic mass is 9.77. The molecule has 1 heterocycles. The Hall–Kier alpha value is -1.77. The van der Waals surface area contributed by atoms with Crippen LogP contribution in [0.15, 0.2) is 33.7 Å². The van der Waals surface area contributed by atoms with Gasteiger partial charge in [0.05, 0.1) is 10.4 Å². The molecule has 1 saturated carbocycles. The monoisotopic (exact) mass is 350 g/mol. The maximum absolute atomic E-state index is 12.2. The van der Waals surface area contributed by atoms with Crippen molar-refractivity contribution in [3.05, 3.63) is 30.1 Å². The normalized spacial score (nSPS) is 17.0. The lowest BCUT2D eigenvalue weighted by Crippen LogP contribution is -2.44. The summed E-state index contributed by atoms with van der Waals surface area (Å²) in [6.07, 6.45) is 2.77. The lowest BCUT2D eigenvalue weighted by molar-refractivity contribution is 0.229. The summed E-state index contributed by atoms with van der Waals surface area (Å²) in [5.41, 5.74) is 6.37. The van der Waals surface area contributed by atoms with Crippen LogP contribution in [0.2, 0.25) is 0 Å². The van der Waals surface area contributed by atoms with Crippen LogP contribution in [-0.4, -0.2) is 25.1 Å². The molecule has 1 aliphatic rings. The van der Waals surface area contributed by atoms with Crippen LogP contribution in [0.5, 0.6) is 0 Å². The van der Waals surface area contributed by atoms with Crippen molar-refractivity contribution in [1.29, 1.82) is 0 Å². The first kappa shape index (κ1) is 17.1. The van der Waals surface area contributed by atoms with Crippen LogP contribution in [-0.2, 0) is 15.6 Å². The standard InChI is InChI=1S/C16H22N4O3S/c1-11(2)10-18-24(21,22)13-6-4-12(5-7-13)14-19-15(20-23-14)16(17)8-3-9-16/h4-7,11,18H,3,8-10,17H2,1-2H3. The van der Waals surface area contributed by atoms with E-state index < -0.39 is 15.6 Å². The van der Waals surface area contributed by atoms with Crippen LogP contribution >= 0.6 is 0 Å². The Bertz CT molecular complexity index is 808. The van der Waals surface area contributed by atoms with Crippen molar-refractivity contribution in [2.75, 3.05) is 6.54 Å². The third-order valence-corrected chi connectivity index (χ3v) is 5.65. The van der Waals surface area contributed by atoms with E-state index in [0.717, 1.165) is 19.3 Å². The second kappa shape index (κ2) is 6.27. The van der Waals surface area contributed by atoms with Crippen molar-refractivity contribution < 1.29 is 12.9 Å². The van der Waals surface area contributed by atoms with Gasteiger partial charge >= 0.3 is 0 Å². The van der Waals surface area contributed by atoms with Gasteiger partial charge in [0.25, 0.3) is 5.89 Å². The highest BCUT2D eigenvalue weighted by Gasteiger charge is 2.39. The number of aromatic nitrogens is 2. The number of nitrogens with zero attached hydrogens (tertiary/aromatic N) is 2. The second-order valence-corrected chi connectivity index (χ2v) is 8.47. The topological polar surface area (TPSA) is 111 Å². The average Bonchev–Trinajstić information content (AvgIpc) is 3.01. The number of benzene rings is 1. The molecule has 7 nitrogen and oxygen atoms in total. The molecule has 24 heavy (non-hydrogen) atoms. The summed E-state index contributed by atoms with van der Waals surface area (Å²) in [6, 6.07) is 6.38. The lowest BCUT2D eigenvalue weighted by Gasteiger charge is -2.34. The molecule has 130 valence electrons. The van der Waals surface area contributed by atoms with E-state index in [1.54, 1.807) is 12.1 Å². The molecule has 0 saturated heterocycles. The van der Waals surface area contributed by atoms with E-state index in [-0.39, 0.29) is 10.8 Å². The molecule has 1 aromatic carbocycles. The molecule has 8 heteroatoms. The van der Waals surface area contributed by atoms with Crippen LogP contribution < -0.4 is 10.5 Å². The second-order valence-electron chi connectivity index (χ2n) is 6.70. The SMILES string of the molecule is CC(C)CNS(=O)(=O)c1ccc(-c2nc(C3(N)CCC3)no2)cc1. The molecule has 0 unspecified atom stereocenters. The van der Waals surface area contributed by atoms with Gasteiger partial charge in [0.2, 0.25) is 10.0 Å². The Morgan fingerprint density at radius 2 is 1.96 bits per heavy atom. The maximum Gasteiger partial charge on any atom is 0.257 e. The molecule has 3 rings (SSSR count). The Balaban J connectivity index is 1.77. The summed E-state index contributed by atoms with van der Waals surface area (Å²) < 4.78 is 32.2. The van der Waals surface area contributed by atoms with E-state index in [1.165, 1.54) is 12.1 Å². The van der Waals surface area contributed by atoms with Gasteiger partial charge in [-0.05, 0) is 49.4 Å². The molecule has 2 aromatic rings. The molecule has 1 aromatic heterocycles. The first-order valence-corrected chi connectivity index (χ1v) is 9.52. The predicted octanol–water partition coefficient (Wildman–Crippen LogP) is 2.01. The van der Waals surface area contributed by atoms with Gasteiger partial charge in [0.1, 0.15) is 0 Å². The zero-order valence-corrected chi connectivity index (χ0v) is 14.6. The van der Waals surface area contributed by atoms with Crippen molar-refractivity contribution >= 4 is 10.0 Å². The summed E-state index contributed by atoms with van der Waals surface area (Å²) in [6.45, 7) is 4.30. The summed E-state index contributed by atoms with van der Waals surface area (Å²) >= 11 is 0. The molecule has 0 amide bonds. The van der Waals surface area contributed by atoms with E-state index in [9.17, 15) is 8.42 Å². The fraction of sp³-hybridized carbons (Fsp3) is 0.500. The molecule has 0 bridgehead atoms. The number of sulfonamides is 1. The molecule has 1 aliphatic carbocycles. The predicted molar refractivity (Wildman–Crippen MR) is 89.5 cm³/mol. The van der Waals surface area contributed by atoms with E-state index in [2.05, 4.69) is 14.9 Å². The highest BCUT2D eigenvalue weighted by Crippen LogP contribution is 2.37. The van der Waals surface area contributed by atoms with Gasteiger partial charge in [-0.1, -0.05) is 19.0 Å². The van der Waals surface area contributed by atoms with Gasteiger partial charge in [-0.25, -0.2) is 13.1 Å². The summed E-state index contributed by atoms with van der Waals surface area (Å²) in [5, 5.41) is 3.96. The molecule has 0 aliphatic heterocycles.